The van der Waals surface area contributed by atoms with Gasteiger partial charge in [-0.1, -0.05) is 6.92 Å². The van der Waals surface area contributed by atoms with Gasteiger partial charge in [0.15, 0.2) is 5.69 Å². The van der Waals surface area contributed by atoms with Gasteiger partial charge in [0.2, 0.25) is 0 Å². The Morgan fingerprint density at radius 3 is 3.07 bits per heavy atom. The molecule has 4 heteroatoms. The minimum absolute atomic E-state index is 0.311. The van der Waals surface area contributed by atoms with Crippen LogP contribution in [-0.4, -0.2) is 23.3 Å². The second kappa shape index (κ2) is 3.96. The molecule has 4 nitrogen and oxygen atoms in total. The number of ether oxygens (including phenoxy) is 1. The van der Waals surface area contributed by atoms with Crippen LogP contribution in [0.25, 0.3) is 0 Å². The van der Waals surface area contributed by atoms with Crippen LogP contribution >= 0.6 is 0 Å². The van der Waals surface area contributed by atoms with Gasteiger partial charge >= 0.3 is 5.97 Å². The number of hydrogen-bond donors (Lipinski definition) is 0. The number of aromatic nitrogens is 2. The lowest BCUT2D eigenvalue weighted by atomic mass is 9.88. The Balaban J connectivity index is 2.37. The second-order valence-corrected chi connectivity index (χ2v) is 3.92. The predicted octanol–water partition coefficient (Wildman–Crippen LogP) is 1.70. The molecule has 15 heavy (non-hydrogen) atoms. The molecule has 1 aliphatic carbocycles. The number of esters is 1. The van der Waals surface area contributed by atoms with Crippen LogP contribution in [0.2, 0.25) is 0 Å². The molecule has 1 aromatic heterocycles. The molecule has 0 spiro atoms. The van der Waals surface area contributed by atoms with E-state index in [0.717, 1.165) is 30.5 Å². The van der Waals surface area contributed by atoms with E-state index >= 15 is 0 Å². The number of aryl methyl sites for hydroxylation is 1. The molecule has 0 aliphatic heterocycles. The maximum Gasteiger partial charge on any atom is 0.358 e. The molecule has 1 atom stereocenters. The van der Waals surface area contributed by atoms with Gasteiger partial charge < -0.3 is 4.74 Å². The van der Waals surface area contributed by atoms with Gasteiger partial charge in [-0.2, -0.15) is 5.10 Å². The first kappa shape index (κ1) is 10.1. The Bertz CT molecular complexity index is 390. The van der Waals surface area contributed by atoms with Gasteiger partial charge in [0.25, 0.3) is 0 Å². The lowest BCUT2D eigenvalue weighted by Crippen LogP contribution is -2.14. The van der Waals surface area contributed by atoms with Crippen molar-refractivity contribution < 1.29 is 9.53 Å². The zero-order chi connectivity index (χ0) is 10.8. The first-order valence-corrected chi connectivity index (χ1v) is 5.17. The number of rotatable bonds is 1. The molecule has 0 amide bonds. The highest BCUT2D eigenvalue weighted by atomic mass is 16.5. The highest BCUT2D eigenvalue weighted by Gasteiger charge is 2.20. The Morgan fingerprint density at radius 2 is 2.33 bits per heavy atom. The fourth-order valence-electron chi connectivity index (χ4n) is 1.99. The van der Waals surface area contributed by atoms with Crippen molar-refractivity contribution in [1.29, 1.82) is 0 Å². The topological polar surface area (TPSA) is 52.1 Å². The molecular weight excluding hydrogens is 192 g/mol. The van der Waals surface area contributed by atoms with E-state index in [9.17, 15) is 4.79 Å². The van der Waals surface area contributed by atoms with Gasteiger partial charge in [-0.3, -0.25) is 0 Å². The Hall–Kier alpha value is -1.45. The summed E-state index contributed by atoms with van der Waals surface area (Å²) < 4.78 is 4.61. The third kappa shape index (κ3) is 1.84. The molecular formula is C11H14N2O2. The molecule has 0 aromatic carbocycles. The normalized spacial score (nSPS) is 19.5. The van der Waals surface area contributed by atoms with Crippen LogP contribution in [0, 0.1) is 0 Å². The van der Waals surface area contributed by atoms with Gasteiger partial charge in [0.05, 0.1) is 12.8 Å². The molecule has 0 fully saturated rings. The molecule has 1 heterocycles. The van der Waals surface area contributed by atoms with E-state index in [1.807, 2.05) is 6.07 Å². The molecule has 1 unspecified atom stereocenters. The minimum Gasteiger partial charge on any atom is -0.464 e. The standard InChI is InChI=1S/C11H14N2O2/c1-7-4-3-5-8-6-9(11(14)15-2)12-13-10(7)8/h6-7H,3-5H2,1-2H3. The first-order valence-electron chi connectivity index (χ1n) is 5.17. The zero-order valence-electron chi connectivity index (χ0n) is 8.99. The summed E-state index contributed by atoms with van der Waals surface area (Å²) in [4.78, 5) is 11.3. The van der Waals surface area contributed by atoms with Crippen molar-refractivity contribution in [2.45, 2.75) is 32.1 Å². The van der Waals surface area contributed by atoms with Gasteiger partial charge in [-0.05, 0) is 30.9 Å². The molecule has 0 saturated heterocycles. The smallest absolute Gasteiger partial charge is 0.358 e. The third-order valence-corrected chi connectivity index (χ3v) is 2.85. The number of fused-ring (bicyclic) bond motifs is 1. The summed E-state index contributed by atoms with van der Waals surface area (Å²) in [6.45, 7) is 2.14. The van der Waals surface area contributed by atoms with Crippen molar-refractivity contribution in [1.82, 2.24) is 10.2 Å². The lowest BCUT2D eigenvalue weighted by Gasteiger charge is -2.20. The minimum atomic E-state index is -0.413. The van der Waals surface area contributed by atoms with Crippen molar-refractivity contribution in [3.63, 3.8) is 0 Å². The SMILES string of the molecule is COC(=O)c1cc2c(nn1)C(C)CCC2. The predicted molar refractivity (Wildman–Crippen MR) is 54.7 cm³/mol. The van der Waals surface area contributed by atoms with E-state index < -0.39 is 5.97 Å². The van der Waals surface area contributed by atoms with Crippen molar-refractivity contribution in [3.8, 4) is 0 Å². The second-order valence-electron chi connectivity index (χ2n) is 3.92. The molecule has 1 aromatic rings. The van der Waals surface area contributed by atoms with Crippen molar-refractivity contribution >= 4 is 5.97 Å². The van der Waals surface area contributed by atoms with E-state index in [1.54, 1.807) is 0 Å². The summed E-state index contributed by atoms with van der Waals surface area (Å²) in [5.74, 6) is 0.0384. The average Bonchev–Trinajstić information content (AvgIpc) is 2.28. The number of carbonyl (C=O) groups excluding carboxylic acids is 1. The van der Waals surface area contributed by atoms with Crippen LogP contribution in [0.3, 0.4) is 0 Å². The fourth-order valence-corrected chi connectivity index (χ4v) is 1.99. The summed E-state index contributed by atoms with van der Waals surface area (Å²) in [7, 11) is 1.35. The lowest BCUT2D eigenvalue weighted by molar-refractivity contribution is 0.0592. The first-order chi connectivity index (χ1) is 7.22. The monoisotopic (exact) mass is 206 g/mol. The Morgan fingerprint density at radius 1 is 1.53 bits per heavy atom. The number of methoxy groups -OCH3 is 1. The van der Waals surface area contributed by atoms with Gasteiger partial charge in [-0.25, -0.2) is 4.79 Å². The number of carbonyl (C=O) groups is 1. The molecule has 0 radical (unpaired) electrons. The van der Waals surface area contributed by atoms with Crippen molar-refractivity contribution in [2.24, 2.45) is 0 Å². The van der Waals surface area contributed by atoms with E-state index in [-0.39, 0.29) is 0 Å². The largest absolute Gasteiger partial charge is 0.464 e. The maximum atomic E-state index is 11.3. The van der Waals surface area contributed by atoms with Crippen LogP contribution in [-0.2, 0) is 11.2 Å². The van der Waals surface area contributed by atoms with Crippen LogP contribution in [0.5, 0.6) is 0 Å². The van der Waals surface area contributed by atoms with E-state index in [0.29, 0.717) is 11.6 Å². The van der Waals surface area contributed by atoms with Crippen LogP contribution < -0.4 is 0 Å². The Labute approximate surface area is 88.7 Å². The Kier molecular flexibility index (Phi) is 2.66. The molecule has 0 N–H and O–H groups in total. The van der Waals surface area contributed by atoms with Gasteiger partial charge in [0.1, 0.15) is 0 Å². The van der Waals surface area contributed by atoms with Crippen LogP contribution in [0.15, 0.2) is 6.07 Å². The molecule has 0 bridgehead atoms. The van der Waals surface area contributed by atoms with Crippen LogP contribution in [0.1, 0.15) is 47.4 Å². The summed E-state index contributed by atoms with van der Waals surface area (Å²) in [6, 6.07) is 1.81. The van der Waals surface area contributed by atoms with Gasteiger partial charge in [0, 0.05) is 5.92 Å². The van der Waals surface area contributed by atoms with Gasteiger partial charge in [-0.15, -0.1) is 5.10 Å². The quantitative estimate of drug-likeness (QED) is 0.656. The summed E-state index contributed by atoms with van der Waals surface area (Å²) in [5, 5.41) is 8.01. The summed E-state index contributed by atoms with van der Waals surface area (Å²) >= 11 is 0. The van der Waals surface area contributed by atoms with Crippen LogP contribution in [0.4, 0.5) is 0 Å². The highest BCUT2D eigenvalue weighted by Crippen LogP contribution is 2.29. The van der Waals surface area contributed by atoms with Crippen molar-refractivity contribution in [3.05, 3.63) is 23.0 Å². The summed E-state index contributed by atoms with van der Waals surface area (Å²) in [6.07, 6.45) is 3.29. The summed E-state index contributed by atoms with van der Waals surface area (Å²) in [5.41, 5.74) is 2.49. The van der Waals surface area contributed by atoms with E-state index in [4.69, 9.17) is 0 Å². The number of hydrogen-bond acceptors (Lipinski definition) is 4. The third-order valence-electron chi connectivity index (χ3n) is 2.85. The number of nitrogens with zero attached hydrogens (tertiary/aromatic N) is 2. The highest BCUT2D eigenvalue weighted by molar-refractivity contribution is 5.87. The fraction of sp³-hybridized carbons (Fsp3) is 0.545. The van der Waals surface area contributed by atoms with E-state index in [1.165, 1.54) is 7.11 Å². The molecule has 2 rings (SSSR count). The maximum absolute atomic E-state index is 11.3. The van der Waals surface area contributed by atoms with E-state index in [2.05, 4.69) is 21.9 Å². The molecule has 80 valence electrons. The molecule has 0 saturated carbocycles. The average molecular weight is 206 g/mol. The molecule has 1 aliphatic rings. The zero-order valence-corrected chi connectivity index (χ0v) is 8.99. The van der Waals surface area contributed by atoms with Crippen molar-refractivity contribution in [2.75, 3.05) is 7.11 Å².